The fourth-order valence-electron chi connectivity index (χ4n) is 3.38. The van der Waals surface area contributed by atoms with E-state index in [-0.39, 0.29) is 17.8 Å². The molecule has 1 aliphatic heterocycles. The number of benzene rings is 1. The van der Waals surface area contributed by atoms with Gasteiger partial charge < -0.3 is 19.5 Å². The van der Waals surface area contributed by atoms with E-state index >= 15 is 0 Å². The van der Waals surface area contributed by atoms with Crippen LogP contribution in [0.4, 0.5) is 9.18 Å². The zero-order valence-corrected chi connectivity index (χ0v) is 15.2. The molecule has 2 aliphatic rings. The van der Waals surface area contributed by atoms with Crippen molar-refractivity contribution >= 4 is 6.03 Å². The highest BCUT2D eigenvalue weighted by Gasteiger charge is 2.28. The van der Waals surface area contributed by atoms with E-state index in [1.54, 1.807) is 12.1 Å². The summed E-state index contributed by atoms with van der Waals surface area (Å²) in [6.45, 7) is 2.29. The molecule has 0 spiro atoms. The number of nitrogens with one attached hydrogen (secondary N) is 1. The van der Waals surface area contributed by atoms with E-state index in [2.05, 4.69) is 10.5 Å². The summed E-state index contributed by atoms with van der Waals surface area (Å²) in [5.41, 5.74) is 0.762. The molecule has 1 N–H and O–H groups in total. The van der Waals surface area contributed by atoms with Crippen LogP contribution in [0.25, 0.3) is 0 Å². The second kappa shape index (κ2) is 7.98. The zero-order valence-electron chi connectivity index (χ0n) is 15.2. The molecule has 1 aromatic heterocycles. The van der Waals surface area contributed by atoms with E-state index in [0.29, 0.717) is 31.4 Å². The van der Waals surface area contributed by atoms with Crippen LogP contribution in [0.5, 0.6) is 5.75 Å². The third-order valence-electron chi connectivity index (χ3n) is 5.08. The predicted molar refractivity (Wildman–Crippen MR) is 96.9 cm³/mol. The SMILES string of the molecule is O=C(NCc1cc(C2CC2)on1)N1CCCC(COc2ccc(F)cc2)C1. The first-order valence-electron chi connectivity index (χ1n) is 9.54. The van der Waals surface area contributed by atoms with Crippen molar-refractivity contribution in [3.8, 4) is 5.75 Å². The lowest BCUT2D eigenvalue weighted by Crippen LogP contribution is -2.46. The number of carbonyl (C=O) groups is 1. The first kappa shape index (κ1) is 17.8. The Morgan fingerprint density at radius 3 is 2.89 bits per heavy atom. The maximum absolute atomic E-state index is 12.9. The van der Waals surface area contributed by atoms with Crippen molar-refractivity contribution in [1.29, 1.82) is 0 Å². The number of halogens is 1. The van der Waals surface area contributed by atoms with Crippen LogP contribution in [-0.4, -0.2) is 35.8 Å². The van der Waals surface area contributed by atoms with Crippen LogP contribution >= 0.6 is 0 Å². The van der Waals surface area contributed by atoms with Crippen molar-refractivity contribution < 1.29 is 18.4 Å². The minimum absolute atomic E-state index is 0.0857. The van der Waals surface area contributed by atoms with Crippen LogP contribution < -0.4 is 10.1 Å². The van der Waals surface area contributed by atoms with Crippen molar-refractivity contribution in [2.45, 2.75) is 38.1 Å². The molecule has 1 aromatic carbocycles. The molecule has 1 atom stereocenters. The molecule has 2 heterocycles. The van der Waals surface area contributed by atoms with Gasteiger partial charge in [-0.3, -0.25) is 0 Å². The second-order valence-electron chi connectivity index (χ2n) is 7.37. The minimum atomic E-state index is -0.278. The monoisotopic (exact) mass is 373 g/mol. The number of ether oxygens (including phenoxy) is 1. The number of nitrogens with zero attached hydrogens (tertiary/aromatic N) is 2. The number of hydrogen-bond donors (Lipinski definition) is 1. The van der Waals surface area contributed by atoms with Crippen molar-refractivity contribution in [2.24, 2.45) is 5.92 Å². The van der Waals surface area contributed by atoms with Crippen LogP contribution in [0.15, 0.2) is 34.9 Å². The molecule has 2 amide bonds. The highest BCUT2D eigenvalue weighted by Crippen LogP contribution is 2.40. The molecule has 1 saturated carbocycles. The Balaban J connectivity index is 1.23. The van der Waals surface area contributed by atoms with E-state index in [0.717, 1.165) is 43.7 Å². The Morgan fingerprint density at radius 2 is 2.11 bits per heavy atom. The molecule has 1 unspecified atom stereocenters. The van der Waals surface area contributed by atoms with Gasteiger partial charge in [0.25, 0.3) is 0 Å². The van der Waals surface area contributed by atoms with Crippen LogP contribution in [0.3, 0.4) is 0 Å². The van der Waals surface area contributed by atoms with E-state index in [4.69, 9.17) is 9.26 Å². The maximum atomic E-state index is 12.9. The highest BCUT2D eigenvalue weighted by molar-refractivity contribution is 5.74. The van der Waals surface area contributed by atoms with Gasteiger partial charge in [0, 0.05) is 31.0 Å². The van der Waals surface area contributed by atoms with Crippen molar-refractivity contribution in [1.82, 2.24) is 15.4 Å². The van der Waals surface area contributed by atoms with Gasteiger partial charge in [0.05, 0.1) is 13.2 Å². The van der Waals surface area contributed by atoms with Crippen LogP contribution in [0.2, 0.25) is 0 Å². The number of rotatable bonds is 6. The average Bonchev–Trinajstić information content (AvgIpc) is 3.44. The van der Waals surface area contributed by atoms with Gasteiger partial charge in [0.1, 0.15) is 23.0 Å². The third kappa shape index (κ3) is 4.78. The molecule has 1 aliphatic carbocycles. The van der Waals surface area contributed by atoms with Crippen LogP contribution in [0.1, 0.15) is 43.1 Å². The van der Waals surface area contributed by atoms with E-state index in [1.807, 2.05) is 11.0 Å². The van der Waals surface area contributed by atoms with Gasteiger partial charge in [-0.1, -0.05) is 5.16 Å². The molecular formula is C20H24FN3O3. The fourth-order valence-corrected chi connectivity index (χ4v) is 3.38. The van der Waals surface area contributed by atoms with Gasteiger partial charge in [0.2, 0.25) is 0 Å². The average molecular weight is 373 g/mol. The summed E-state index contributed by atoms with van der Waals surface area (Å²) >= 11 is 0. The zero-order chi connectivity index (χ0) is 18.6. The number of carbonyl (C=O) groups excluding carboxylic acids is 1. The first-order chi connectivity index (χ1) is 13.2. The summed E-state index contributed by atoms with van der Waals surface area (Å²) in [6, 6.07) is 7.86. The van der Waals surface area contributed by atoms with Crippen molar-refractivity contribution in [3.63, 3.8) is 0 Å². The molecule has 2 fully saturated rings. The molecule has 6 nitrogen and oxygen atoms in total. The molecule has 4 rings (SSSR count). The van der Waals surface area contributed by atoms with Gasteiger partial charge >= 0.3 is 6.03 Å². The topological polar surface area (TPSA) is 67.6 Å². The summed E-state index contributed by atoms with van der Waals surface area (Å²) < 4.78 is 24.0. The summed E-state index contributed by atoms with van der Waals surface area (Å²) in [7, 11) is 0. The van der Waals surface area contributed by atoms with Crippen LogP contribution in [0, 0.1) is 11.7 Å². The van der Waals surface area contributed by atoms with Crippen LogP contribution in [-0.2, 0) is 6.54 Å². The van der Waals surface area contributed by atoms with E-state index in [1.165, 1.54) is 12.1 Å². The number of urea groups is 1. The second-order valence-corrected chi connectivity index (χ2v) is 7.37. The van der Waals surface area contributed by atoms with E-state index < -0.39 is 0 Å². The molecule has 0 bridgehead atoms. The Bertz CT molecular complexity index is 773. The molecular weight excluding hydrogens is 349 g/mol. The third-order valence-corrected chi connectivity index (χ3v) is 5.08. The largest absolute Gasteiger partial charge is 0.493 e. The fraction of sp³-hybridized carbons (Fsp3) is 0.500. The Kier molecular flexibility index (Phi) is 5.27. The van der Waals surface area contributed by atoms with Crippen molar-refractivity contribution in [2.75, 3.05) is 19.7 Å². The quantitative estimate of drug-likeness (QED) is 0.839. The minimum Gasteiger partial charge on any atom is -0.493 e. The van der Waals surface area contributed by atoms with Gasteiger partial charge in [0.15, 0.2) is 0 Å². The van der Waals surface area contributed by atoms with Gasteiger partial charge in [-0.25, -0.2) is 9.18 Å². The lowest BCUT2D eigenvalue weighted by molar-refractivity contribution is 0.137. The number of piperidine rings is 1. The first-order valence-corrected chi connectivity index (χ1v) is 9.54. The molecule has 7 heteroatoms. The standard InChI is InChI=1S/C20H24FN3O3/c21-16-5-7-18(8-6-16)26-13-14-2-1-9-24(12-14)20(25)22-11-17-10-19(27-23-17)15-3-4-15/h5-8,10,14-15H,1-4,9,11-13H2,(H,22,25). The number of likely N-dealkylation sites (tertiary alicyclic amines) is 1. The molecule has 27 heavy (non-hydrogen) atoms. The summed E-state index contributed by atoms with van der Waals surface area (Å²) in [4.78, 5) is 14.3. The summed E-state index contributed by atoms with van der Waals surface area (Å²) in [5, 5.41) is 6.95. The number of hydrogen-bond acceptors (Lipinski definition) is 4. The van der Waals surface area contributed by atoms with Gasteiger partial charge in [-0.15, -0.1) is 0 Å². The Labute approximate surface area is 157 Å². The van der Waals surface area contributed by atoms with Gasteiger partial charge in [-0.05, 0) is 49.9 Å². The van der Waals surface area contributed by atoms with Gasteiger partial charge in [-0.2, -0.15) is 0 Å². The molecule has 144 valence electrons. The summed E-state index contributed by atoms with van der Waals surface area (Å²) in [5.74, 6) is 2.08. The number of amides is 2. The Morgan fingerprint density at radius 1 is 1.30 bits per heavy atom. The Hall–Kier alpha value is -2.57. The van der Waals surface area contributed by atoms with Crippen molar-refractivity contribution in [3.05, 3.63) is 47.6 Å². The van der Waals surface area contributed by atoms with E-state index in [9.17, 15) is 9.18 Å². The lowest BCUT2D eigenvalue weighted by Gasteiger charge is -2.32. The molecule has 2 aromatic rings. The normalized spacial score (nSPS) is 19.7. The maximum Gasteiger partial charge on any atom is 0.317 e. The molecule has 0 radical (unpaired) electrons. The smallest absolute Gasteiger partial charge is 0.317 e. The lowest BCUT2D eigenvalue weighted by atomic mass is 9.99. The number of aromatic nitrogens is 1. The highest BCUT2D eigenvalue weighted by atomic mass is 19.1. The predicted octanol–water partition coefficient (Wildman–Crippen LogP) is 3.69. The summed E-state index contributed by atoms with van der Waals surface area (Å²) in [6.07, 6.45) is 4.28. The molecule has 1 saturated heterocycles.